The lowest BCUT2D eigenvalue weighted by Gasteiger charge is -2.23. The van der Waals surface area contributed by atoms with Gasteiger partial charge in [-0.25, -0.2) is 0 Å². The van der Waals surface area contributed by atoms with Crippen LogP contribution in [-0.2, 0) is 6.54 Å². The second-order valence-electron chi connectivity index (χ2n) is 4.59. The van der Waals surface area contributed by atoms with Crippen molar-refractivity contribution in [1.29, 1.82) is 0 Å². The normalized spacial score (nSPS) is 17.5. The summed E-state index contributed by atoms with van der Waals surface area (Å²) >= 11 is 0. The third-order valence-corrected chi connectivity index (χ3v) is 3.36. The van der Waals surface area contributed by atoms with Crippen LogP contribution in [0.25, 0.3) is 0 Å². The first kappa shape index (κ1) is 10.5. The van der Waals surface area contributed by atoms with E-state index in [2.05, 4.69) is 24.1 Å². The van der Waals surface area contributed by atoms with E-state index in [0.717, 1.165) is 18.3 Å². The number of rotatable bonds is 3. The van der Waals surface area contributed by atoms with Crippen molar-refractivity contribution in [3.8, 4) is 0 Å². The highest BCUT2D eigenvalue weighted by atomic mass is 15.1. The van der Waals surface area contributed by atoms with Gasteiger partial charge < -0.3 is 5.73 Å². The summed E-state index contributed by atoms with van der Waals surface area (Å²) in [6, 6.07) is 9.01. The van der Waals surface area contributed by atoms with E-state index in [0.29, 0.717) is 0 Å². The molecule has 15 heavy (non-hydrogen) atoms. The van der Waals surface area contributed by atoms with E-state index in [-0.39, 0.29) is 0 Å². The Hall–Kier alpha value is -1.02. The first-order valence-corrected chi connectivity index (χ1v) is 5.80. The fraction of sp³-hybridized carbons (Fsp3) is 0.538. The Morgan fingerprint density at radius 2 is 1.80 bits per heavy atom. The van der Waals surface area contributed by atoms with E-state index in [1.807, 2.05) is 12.1 Å². The van der Waals surface area contributed by atoms with Crippen molar-refractivity contribution in [2.24, 2.45) is 0 Å². The molecule has 0 saturated heterocycles. The molecule has 0 radical (unpaired) electrons. The van der Waals surface area contributed by atoms with Gasteiger partial charge in [0.15, 0.2) is 0 Å². The Bertz CT molecular complexity index is 299. The van der Waals surface area contributed by atoms with Crippen LogP contribution >= 0.6 is 0 Å². The minimum atomic E-state index is 0.794. The lowest BCUT2D eigenvalue weighted by atomic mass is 10.1. The van der Waals surface area contributed by atoms with Crippen molar-refractivity contribution in [1.82, 2.24) is 4.90 Å². The van der Waals surface area contributed by atoms with Crippen molar-refractivity contribution >= 4 is 5.69 Å². The minimum Gasteiger partial charge on any atom is -0.399 e. The molecule has 1 aromatic rings. The van der Waals surface area contributed by atoms with Crippen molar-refractivity contribution in [3.05, 3.63) is 29.8 Å². The smallest absolute Gasteiger partial charge is 0.0314 e. The molecule has 2 heteroatoms. The molecule has 0 aromatic heterocycles. The molecule has 0 atom stereocenters. The lowest BCUT2D eigenvalue weighted by molar-refractivity contribution is 0.237. The van der Waals surface area contributed by atoms with Gasteiger partial charge >= 0.3 is 0 Å². The molecule has 2 nitrogen and oxygen atoms in total. The SMILES string of the molecule is CN(Cc1ccc(N)cc1)C1CCCC1. The van der Waals surface area contributed by atoms with Crippen LogP contribution in [0.3, 0.4) is 0 Å². The van der Waals surface area contributed by atoms with Crippen LogP contribution < -0.4 is 5.73 Å². The molecule has 1 aromatic carbocycles. The predicted octanol–water partition coefficient (Wildman–Crippen LogP) is 2.64. The summed E-state index contributed by atoms with van der Waals surface area (Å²) in [5.41, 5.74) is 7.88. The predicted molar refractivity (Wildman–Crippen MR) is 64.6 cm³/mol. The van der Waals surface area contributed by atoms with Gasteiger partial charge in [-0.1, -0.05) is 25.0 Å². The molecular formula is C13H20N2. The first-order valence-electron chi connectivity index (χ1n) is 5.80. The van der Waals surface area contributed by atoms with E-state index in [9.17, 15) is 0 Å². The molecule has 0 aliphatic heterocycles. The number of anilines is 1. The van der Waals surface area contributed by atoms with Crippen molar-refractivity contribution in [3.63, 3.8) is 0 Å². The highest BCUT2D eigenvalue weighted by molar-refractivity contribution is 5.39. The Morgan fingerprint density at radius 3 is 2.40 bits per heavy atom. The molecule has 0 unspecified atom stereocenters. The Balaban J connectivity index is 1.92. The molecule has 0 spiro atoms. The molecule has 2 N–H and O–H groups in total. The number of hydrogen-bond acceptors (Lipinski definition) is 2. The van der Waals surface area contributed by atoms with Gasteiger partial charge in [-0.05, 0) is 37.6 Å². The molecule has 1 fully saturated rings. The van der Waals surface area contributed by atoms with Gasteiger partial charge in [0, 0.05) is 18.3 Å². The maximum atomic E-state index is 5.67. The number of hydrogen-bond donors (Lipinski definition) is 1. The van der Waals surface area contributed by atoms with E-state index in [1.54, 1.807) is 0 Å². The summed E-state index contributed by atoms with van der Waals surface area (Å²) in [6.45, 7) is 1.05. The highest BCUT2D eigenvalue weighted by Crippen LogP contribution is 2.23. The quantitative estimate of drug-likeness (QED) is 0.767. The summed E-state index contributed by atoms with van der Waals surface area (Å²) < 4.78 is 0. The van der Waals surface area contributed by atoms with E-state index >= 15 is 0 Å². The van der Waals surface area contributed by atoms with Crippen LogP contribution in [0.1, 0.15) is 31.2 Å². The fourth-order valence-electron chi connectivity index (χ4n) is 2.39. The average molecular weight is 204 g/mol. The summed E-state index contributed by atoms with van der Waals surface area (Å²) in [4.78, 5) is 2.47. The van der Waals surface area contributed by atoms with Crippen molar-refractivity contribution < 1.29 is 0 Å². The highest BCUT2D eigenvalue weighted by Gasteiger charge is 2.19. The maximum Gasteiger partial charge on any atom is 0.0314 e. The maximum absolute atomic E-state index is 5.67. The third kappa shape index (κ3) is 2.72. The molecular weight excluding hydrogens is 184 g/mol. The van der Waals surface area contributed by atoms with Crippen molar-refractivity contribution in [2.45, 2.75) is 38.3 Å². The lowest BCUT2D eigenvalue weighted by Crippen LogP contribution is -2.28. The Morgan fingerprint density at radius 1 is 1.20 bits per heavy atom. The number of benzene rings is 1. The van der Waals surface area contributed by atoms with Crippen LogP contribution in [0, 0.1) is 0 Å². The molecule has 0 bridgehead atoms. The van der Waals surface area contributed by atoms with Gasteiger partial charge in [0.1, 0.15) is 0 Å². The largest absolute Gasteiger partial charge is 0.399 e. The summed E-state index contributed by atoms with van der Waals surface area (Å²) in [7, 11) is 2.23. The van der Waals surface area contributed by atoms with Gasteiger partial charge in [-0.15, -0.1) is 0 Å². The molecule has 0 heterocycles. The average Bonchev–Trinajstić information content (AvgIpc) is 2.74. The molecule has 82 valence electrons. The zero-order valence-corrected chi connectivity index (χ0v) is 9.45. The summed E-state index contributed by atoms with van der Waals surface area (Å²) in [6.07, 6.45) is 5.53. The zero-order valence-electron chi connectivity index (χ0n) is 9.45. The number of nitrogens with two attached hydrogens (primary N) is 1. The summed E-state index contributed by atoms with van der Waals surface area (Å²) in [5, 5.41) is 0. The van der Waals surface area contributed by atoms with Crippen LogP contribution in [0.2, 0.25) is 0 Å². The molecule has 1 aliphatic rings. The van der Waals surface area contributed by atoms with E-state index < -0.39 is 0 Å². The third-order valence-electron chi connectivity index (χ3n) is 3.36. The Kier molecular flexibility index (Phi) is 3.27. The topological polar surface area (TPSA) is 29.3 Å². The standard InChI is InChI=1S/C13H20N2/c1-15(13-4-2-3-5-13)10-11-6-8-12(14)9-7-11/h6-9,13H,2-5,10,14H2,1H3. The second kappa shape index (κ2) is 4.67. The number of nitrogen functional groups attached to an aromatic ring is 1. The van der Waals surface area contributed by atoms with E-state index in [4.69, 9.17) is 5.73 Å². The van der Waals surface area contributed by atoms with Gasteiger partial charge in [0.2, 0.25) is 0 Å². The summed E-state index contributed by atoms with van der Waals surface area (Å²) in [5.74, 6) is 0. The van der Waals surface area contributed by atoms with Crippen LogP contribution in [0.4, 0.5) is 5.69 Å². The second-order valence-corrected chi connectivity index (χ2v) is 4.59. The first-order chi connectivity index (χ1) is 7.25. The zero-order chi connectivity index (χ0) is 10.7. The van der Waals surface area contributed by atoms with Gasteiger partial charge in [-0.3, -0.25) is 4.90 Å². The van der Waals surface area contributed by atoms with Crippen LogP contribution in [-0.4, -0.2) is 18.0 Å². The molecule has 0 amide bonds. The molecule has 2 rings (SSSR count). The van der Waals surface area contributed by atoms with Gasteiger partial charge in [0.05, 0.1) is 0 Å². The monoisotopic (exact) mass is 204 g/mol. The fourth-order valence-corrected chi connectivity index (χ4v) is 2.39. The number of nitrogens with zero attached hydrogens (tertiary/aromatic N) is 1. The minimum absolute atomic E-state index is 0.794. The van der Waals surface area contributed by atoms with Gasteiger partial charge in [-0.2, -0.15) is 0 Å². The molecule has 1 saturated carbocycles. The Labute approximate surface area is 92.1 Å². The molecule has 1 aliphatic carbocycles. The van der Waals surface area contributed by atoms with Crippen molar-refractivity contribution in [2.75, 3.05) is 12.8 Å². The van der Waals surface area contributed by atoms with Gasteiger partial charge in [0.25, 0.3) is 0 Å². The van der Waals surface area contributed by atoms with Crippen LogP contribution in [0.15, 0.2) is 24.3 Å². The van der Waals surface area contributed by atoms with E-state index in [1.165, 1.54) is 31.2 Å². The van der Waals surface area contributed by atoms with Crippen LogP contribution in [0.5, 0.6) is 0 Å².